The number of hydrogen-bond donors (Lipinski definition) is 2. The molecule has 1 aromatic heterocycles. The summed E-state index contributed by atoms with van der Waals surface area (Å²) in [5, 5.41) is 6.52. The third kappa shape index (κ3) is 1.82. The van der Waals surface area contributed by atoms with E-state index >= 15 is 0 Å². The second-order valence-electron chi connectivity index (χ2n) is 2.38. The van der Waals surface area contributed by atoms with Crippen molar-refractivity contribution >= 4 is 5.91 Å². The van der Waals surface area contributed by atoms with Crippen molar-refractivity contribution in [3.8, 4) is 0 Å². The van der Waals surface area contributed by atoms with Gasteiger partial charge in [0.05, 0.1) is 0 Å². The zero-order valence-corrected chi connectivity index (χ0v) is 6.95. The Morgan fingerprint density at radius 3 is 3.08 bits per heavy atom. The number of carbonyl (C=O) groups excluding carboxylic acids is 1. The molecule has 1 amide bonds. The van der Waals surface area contributed by atoms with Gasteiger partial charge in [0, 0.05) is 26.3 Å². The molecule has 0 atom stereocenters. The van der Waals surface area contributed by atoms with Crippen LogP contribution in [0, 0.1) is 0 Å². The van der Waals surface area contributed by atoms with E-state index in [1.54, 1.807) is 19.3 Å². The summed E-state index contributed by atoms with van der Waals surface area (Å²) in [6.07, 6.45) is 1.58. The van der Waals surface area contributed by atoms with Gasteiger partial charge in [0.25, 0.3) is 5.91 Å². The molecule has 0 aliphatic heterocycles. The average molecular weight is 168 g/mol. The van der Waals surface area contributed by atoms with Gasteiger partial charge in [-0.2, -0.15) is 5.10 Å². The van der Waals surface area contributed by atoms with Crippen LogP contribution in [0.15, 0.2) is 12.3 Å². The first kappa shape index (κ1) is 8.73. The molecular formula is C7H12N4O. The molecule has 0 fully saturated rings. The lowest BCUT2D eigenvalue weighted by atomic mass is 10.4. The zero-order chi connectivity index (χ0) is 8.97. The molecule has 0 unspecified atom stereocenters. The summed E-state index contributed by atoms with van der Waals surface area (Å²) in [6, 6.07) is 1.66. The molecule has 0 bridgehead atoms. The Morgan fingerprint density at radius 2 is 2.58 bits per heavy atom. The number of carbonyl (C=O) groups is 1. The molecule has 0 aromatic carbocycles. The number of hydrogen-bond acceptors (Lipinski definition) is 3. The highest BCUT2D eigenvalue weighted by Gasteiger charge is 2.07. The van der Waals surface area contributed by atoms with Crippen LogP contribution in [-0.4, -0.2) is 28.8 Å². The molecule has 0 radical (unpaired) electrons. The molecule has 5 nitrogen and oxygen atoms in total. The summed E-state index contributed by atoms with van der Waals surface area (Å²) >= 11 is 0. The van der Waals surface area contributed by atoms with E-state index in [0.29, 0.717) is 18.8 Å². The summed E-state index contributed by atoms with van der Waals surface area (Å²) in [7, 11) is 1.72. The second-order valence-corrected chi connectivity index (χ2v) is 2.38. The predicted molar refractivity (Wildman–Crippen MR) is 44.6 cm³/mol. The van der Waals surface area contributed by atoms with Crippen LogP contribution < -0.4 is 11.1 Å². The normalized spacial score (nSPS) is 9.83. The maximum atomic E-state index is 11.3. The summed E-state index contributed by atoms with van der Waals surface area (Å²) in [6.45, 7) is 0.938. The molecule has 0 aliphatic rings. The van der Waals surface area contributed by atoms with Gasteiger partial charge in [-0.05, 0) is 6.07 Å². The Kier molecular flexibility index (Phi) is 2.82. The number of nitrogens with zero attached hydrogens (tertiary/aromatic N) is 2. The number of aromatic nitrogens is 2. The van der Waals surface area contributed by atoms with Crippen molar-refractivity contribution in [1.82, 2.24) is 15.1 Å². The Morgan fingerprint density at radius 1 is 1.83 bits per heavy atom. The van der Waals surface area contributed by atoms with E-state index in [-0.39, 0.29) is 5.91 Å². The fourth-order valence-electron chi connectivity index (χ4n) is 0.873. The monoisotopic (exact) mass is 168 g/mol. The van der Waals surface area contributed by atoms with Crippen molar-refractivity contribution < 1.29 is 4.79 Å². The molecule has 1 rings (SSSR count). The Bertz CT molecular complexity index is 268. The smallest absolute Gasteiger partial charge is 0.269 e. The van der Waals surface area contributed by atoms with Crippen molar-refractivity contribution in [2.45, 2.75) is 0 Å². The Balaban J connectivity index is 2.59. The molecule has 1 heterocycles. The number of amides is 1. The van der Waals surface area contributed by atoms with E-state index in [9.17, 15) is 4.79 Å². The Hall–Kier alpha value is -1.36. The summed E-state index contributed by atoms with van der Waals surface area (Å²) < 4.78 is 1.52. The van der Waals surface area contributed by atoms with E-state index < -0.39 is 0 Å². The van der Waals surface area contributed by atoms with Crippen LogP contribution in [0.5, 0.6) is 0 Å². The highest BCUT2D eigenvalue weighted by molar-refractivity contribution is 5.92. The van der Waals surface area contributed by atoms with Gasteiger partial charge in [0.1, 0.15) is 5.69 Å². The van der Waals surface area contributed by atoms with E-state index in [1.165, 1.54) is 4.68 Å². The molecule has 5 heteroatoms. The van der Waals surface area contributed by atoms with Gasteiger partial charge in [-0.3, -0.25) is 9.48 Å². The fourth-order valence-corrected chi connectivity index (χ4v) is 0.873. The third-order valence-electron chi connectivity index (χ3n) is 1.48. The number of nitrogens with one attached hydrogen (secondary N) is 1. The van der Waals surface area contributed by atoms with Gasteiger partial charge in [-0.25, -0.2) is 0 Å². The van der Waals surface area contributed by atoms with Crippen LogP contribution in [0.25, 0.3) is 0 Å². The topological polar surface area (TPSA) is 72.9 Å². The molecule has 66 valence electrons. The zero-order valence-electron chi connectivity index (χ0n) is 6.95. The highest BCUT2D eigenvalue weighted by Crippen LogP contribution is 1.94. The first-order valence-electron chi connectivity index (χ1n) is 3.72. The van der Waals surface area contributed by atoms with Crippen molar-refractivity contribution in [2.24, 2.45) is 12.8 Å². The lowest BCUT2D eigenvalue weighted by molar-refractivity contribution is 0.0945. The molecule has 3 N–H and O–H groups in total. The third-order valence-corrected chi connectivity index (χ3v) is 1.48. The van der Waals surface area contributed by atoms with Crippen LogP contribution in [-0.2, 0) is 7.05 Å². The SMILES string of the molecule is Cn1nccc1C(=O)NCCN. The lowest BCUT2D eigenvalue weighted by Crippen LogP contribution is -2.30. The maximum absolute atomic E-state index is 11.3. The van der Waals surface area contributed by atoms with Gasteiger partial charge >= 0.3 is 0 Å². The van der Waals surface area contributed by atoms with Gasteiger partial charge in [-0.15, -0.1) is 0 Å². The summed E-state index contributed by atoms with van der Waals surface area (Å²) in [4.78, 5) is 11.3. The summed E-state index contributed by atoms with van der Waals surface area (Å²) in [5.74, 6) is -0.138. The first-order chi connectivity index (χ1) is 5.75. The first-order valence-corrected chi connectivity index (χ1v) is 3.72. The van der Waals surface area contributed by atoms with E-state index in [0.717, 1.165) is 0 Å². The van der Waals surface area contributed by atoms with Gasteiger partial charge in [0.2, 0.25) is 0 Å². The standard InChI is InChI=1S/C7H12N4O/c1-11-6(2-4-10-11)7(12)9-5-3-8/h2,4H,3,5,8H2,1H3,(H,9,12). The number of aryl methyl sites for hydroxylation is 1. The van der Waals surface area contributed by atoms with E-state index in [2.05, 4.69) is 10.4 Å². The van der Waals surface area contributed by atoms with Crippen LogP contribution in [0.1, 0.15) is 10.5 Å². The maximum Gasteiger partial charge on any atom is 0.269 e. The second kappa shape index (κ2) is 3.87. The van der Waals surface area contributed by atoms with Crippen molar-refractivity contribution in [3.63, 3.8) is 0 Å². The fraction of sp³-hybridized carbons (Fsp3) is 0.429. The van der Waals surface area contributed by atoms with Crippen LogP contribution >= 0.6 is 0 Å². The average Bonchev–Trinajstić information content (AvgIpc) is 2.47. The molecular weight excluding hydrogens is 156 g/mol. The van der Waals surface area contributed by atoms with E-state index in [1.807, 2.05) is 0 Å². The van der Waals surface area contributed by atoms with Crippen LogP contribution in [0.3, 0.4) is 0 Å². The van der Waals surface area contributed by atoms with Gasteiger partial charge < -0.3 is 11.1 Å². The predicted octanol–water partition coefficient (Wildman–Crippen LogP) is -0.891. The minimum Gasteiger partial charge on any atom is -0.349 e. The van der Waals surface area contributed by atoms with Crippen molar-refractivity contribution in [2.75, 3.05) is 13.1 Å². The quantitative estimate of drug-likeness (QED) is 0.615. The highest BCUT2D eigenvalue weighted by atomic mass is 16.2. The molecule has 0 saturated carbocycles. The van der Waals surface area contributed by atoms with Gasteiger partial charge in [-0.1, -0.05) is 0 Å². The molecule has 1 aromatic rings. The minimum absolute atomic E-state index is 0.138. The lowest BCUT2D eigenvalue weighted by Gasteiger charge is -2.02. The Labute approximate surface area is 70.5 Å². The van der Waals surface area contributed by atoms with Crippen LogP contribution in [0.4, 0.5) is 0 Å². The number of rotatable bonds is 3. The minimum atomic E-state index is -0.138. The van der Waals surface area contributed by atoms with Gasteiger partial charge in [0.15, 0.2) is 0 Å². The van der Waals surface area contributed by atoms with Crippen LogP contribution in [0.2, 0.25) is 0 Å². The summed E-state index contributed by atoms with van der Waals surface area (Å²) in [5.41, 5.74) is 5.78. The van der Waals surface area contributed by atoms with E-state index in [4.69, 9.17) is 5.73 Å². The molecule has 0 saturated heterocycles. The largest absolute Gasteiger partial charge is 0.349 e. The van der Waals surface area contributed by atoms with Crippen molar-refractivity contribution in [1.29, 1.82) is 0 Å². The van der Waals surface area contributed by atoms with Crippen molar-refractivity contribution in [3.05, 3.63) is 18.0 Å². The molecule has 12 heavy (non-hydrogen) atoms. The number of nitrogens with two attached hydrogens (primary N) is 1. The molecule has 0 spiro atoms. The molecule has 0 aliphatic carbocycles.